The quantitative estimate of drug-likeness (QED) is 0.392. The highest BCUT2D eigenvalue weighted by Gasteiger charge is 2.20. The van der Waals surface area contributed by atoms with Crippen molar-refractivity contribution in [3.63, 3.8) is 0 Å². The van der Waals surface area contributed by atoms with E-state index in [0.29, 0.717) is 6.67 Å². The van der Waals surface area contributed by atoms with Gasteiger partial charge >= 0.3 is 0 Å². The molecule has 0 bridgehead atoms. The fraction of sp³-hybridized carbons (Fsp3) is 0.136. The lowest BCUT2D eigenvalue weighted by atomic mass is 10.1. The van der Waals surface area contributed by atoms with Crippen LogP contribution in [0.25, 0.3) is 0 Å². The van der Waals surface area contributed by atoms with Crippen molar-refractivity contribution in [2.45, 2.75) is 6.42 Å². The Morgan fingerprint density at radius 1 is 0.897 bits per heavy atom. The Balaban J connectivity index is 1.69. The summed E-state index contributed by atoms with van der Waals surface area (Å²) in [6.45, 7) is 1.37. The third kappa shape index (κ3) is 4.46. The lowest BCUT2D eigenvalue weighted by molar-refractivity contribution is -0.384. The highest BCUT2D eigenvalue weighted by molar-refractivity contribution is 9.10. The van der Waals surface area contributed by atoms with Gasteiger partial charge in [-0.15, -0.1) is 0 Å². The molecule has 146 valence electrons. The van der Waals surface area contributed by atoms with E-state index in [1.807, 2.05) is 35.3 Å². The minimum atomic E-state index is -0.390. The maximum Gasteiger partial charge on any atom is 0.269 e. The molecule has 0 fully saturated rings. The van der Waals surface area contributed by atoms with Gasteiger partial charge in [0.1, 0.15) is 6.67 Å². The summed E-state index contributed by atoms with van der Waals surface area (Å²) in [5, 5.41) is 17.8. The Hall–Kier alpha value is -3.19. The summed E-state index contributed by atoms with van der Waals surface area (Å²) >= 11 is 3.49. The molecular formula is C22H19BrN4O2. The normalized spacial score (nSPS) is 14.3. The molecule has 29 heavy (non-hydrogen) atoms. The SMILES string of the molecule is O=[N+]([O-])c1ccc(N2CN(c3ccc(Br)cc3)CCC(c3ccccc3)=N2)cc1. The lowest BCUT2D eigenvalue weighted by Crippen LogP contribution is -2.34. The van der Waals surface area contributed by atoms with Crippen molar-refractivity contribution in [2.24, 2.45) is 5.10 Å². The number of hydrazone groups is 1. The maximum absolute atomic E-state index is 11.0. The molecule has 3 aromatic carbocycles. The van der Waals surface area contributed by atoms with E-state index in [4.69, 9.17) is 5.10 Å². The second-order valence-corrected chi connectivity index (χ2v) is 7.63. The average Bonchev–Trinajstić information content (AvgIpc) is 2.98. The fourth-order valence-corrected chi connectivity index (χ4v) is 3.55. The van der Waals surface area contributed by atoms with Gasteiger partial charge in [-0.05, 0) is 42.0 Å². The number of nitrogens with zero attached hydrogens (tertiary/aromatic N) is 4. The molecule has 1 heterocycles. The zero-order valence-electron chi connectivity index (χ0n) is 15.6. The van der Waals surface area contributed by atoms with Crippen LogP contribution < -0.4 is 9.91 Å². The number of nitro groups is 1. The molecule has 0 saturated carbocycles. The standard InChI is InChI=1S/C22H19BrN4O2/c23-18-6-8-19(9-7-18)25-15-14-22(17-4-2-1-3-5-17)24-26(16-25)20-10-12-21(13-11-20)27(28)29/h1-13H,14-16H2. The Labute approximate surface area is 177 Å². The lowest BCUT2D eigenvalue weighted by Gasteiger charge is -2.28. The van der Waals surface area contributed by atoms with Crippen LogP contribution in [0.15, 0.2) is 88.4 Å². The van der Waals surface area contributed by atoms with Gasteiger partial charge in [0, 0.05) is 35.3 Å². The average molecular weight is 451 g/mol. The van der Waals surface area contributed by atoms with Crippen molar-refractivity contribution in [2.75, 3.05) is 23.1 Å². The minimum Gasteiger partial charge on any atom is -0.352 e. The summed E-state index contributed by atoms with van der Waals surface area (Å²) in [6, 6.07) is 24.8. The van der Waals surface area contributed by atoms with Crippen LogP contribution in [0.3, 0.4) is 0 Å². The van der Waals surface area contributed by atoms with Gasteiger partial charge in [-0.1, -0.05) is 46.3 Å². The molecule has 0 spiro atoms. The van der Waals surface area contributed by atoms with Gasteiger partial charge in [0.2, 0.25) is 0 Å². The molecule has 0 saturated heterocycles. The van der Waals surface area contributed by atoms with Crippen LogP contribution in [-0.4, -0.2) is 23.8 Å². The van der Waals surface area contributed by atoms with E-state index in [2.05, 4.69) is 45.1 Å². The maximum atomic E-state index is 11.0. The molecule has 3 aromatic rings. The fourth-order valence-electron chi connectivity index (χ4n) is 3.28. The summed E-state index contributed by atoms with van der Waals surface area (Å²) < 4.78 is 1.03. The first-order chi connectivity index (χ1) is 14.1. The van der Waals surface area contributed by atoms with E-state index in [1.54, 1.807) is 12.1 Å². The Morgan fingerprint density at radius 2 is 1.55 bits per heavy atom. The summed E-state index contributed by atoms with van der Waals surface area (Å²) in [5.41, 5.74) is 4.05. The highest BCUT2D eigenvalue weighted by atomic mass is 79.9. The number of nitro benzene ring substituents is 1. The first-order valence-corrected chi connectivity index (χ1v) is 10.0. The van der Waals surface area contributed by atoms with Crippen molar-refractivity contribution in [1.29, 1.82) is 0 Å². The van der Waals surface area contributed by atoms with Crippen molar-refractivity contribution < 1.29 is 4.92 Å². The van der Waals surface area contributed by atoms with E-state index >= 15 is 0 Å². The third-order valence-electron chi connectivity index (χ3n) is 4.82. The zero-order valence-corrected chi connectivity index (χ0v) is 17.2. The molecule has 0 N–H and O–H groups in total. The van der Waals surface area contributed by atoms with E-state index in [-0.39, 0.29) is 10.6 Å². The summed E-state index contributed by atoms with van der Waals surface area (Å²) in [7, 11) is 0. The molecule has 0 aromatic heterocycles. The molecule has 6 nitrogen and oxygen atoms in total. The van der Waals surface area contributed by atoms with Crippen molar-refractivity contribution in [3.8, 4) is 0 Å². The van der Waals surface area contributed by atoms with Crippen molar-refractivity contribution in [1.82, 2.24) is 0 Å². The first kappa shape index (κ1) is 19.1. The number of anilines is 2. The van der Waals surface area contributed by atoms with Crippen LogP contribution in [0.1, 0.15) is 12.0 Å². The predicted molar refractivity (Wildman–Crippen MR) is 120 cm³/mol. The van der Waals surface area contributed by atoms with Crippen LogP contribution in [-0.2, 0) is 0 Å². The summed E-state index contributed by atoms with van der Waals surface area (Å²) in [6.07, 6.45) is 0.795. The van der Waals surface area contributed by atoms with Crippen LogP contribution in [0.5, 0.6) is 0 Å². The molecule has 0 radical (unpaired) electrons. The zero-order chi connectivity index (χ0) is 20.2. The van der Waals surface area contributed by atoms with Crippen LogP contribution in [0.2, 0.25) is 0 Å². The molecule has 0 atom stereocenters. The second kappa shape index (κ2) is 8.45. The summed E-state index contributed by atoms with van der Waals surface area (Å²) in [5.74, 6) is 0. The molecule has 0 aliphatic carbocycles. The van der Waals surface area contributed by atoms with Crippen molar-refractivity contribution in [3.05, 3.63) is 99.0 Å². The largest absolute Gasteiger partial charge is 0.352 e. The second-order valence-electron chi connectivity index (χ2n) is 6.72. The molecule has 7 heteroatoms. The third-order valence-corrected chi connectivity index (χ3v) is 5.35. The predicted octanol–water partition coefficient (Wildman–Crippen LogP) is 5.44. The molecule has 0 amide bonds. The van der Waals surface area contributed by atoms with Crippen LogP contribution in [0.4, 0.5) is 17.1 Å². The van der Waals surface area contributed by atoms with Gasteiger partial charge in [0.05, 0.1) is 16.3 Å². The number of halogens is 1. The number of rotatable bonds is 4. The first-order valence-electron chi connectivity index (χ1n) is 9.25. The van der Waals surface area contributed by atoms with Gasteiger partial charge in [0.25, 0.3) is 5.69 Å². The Morgan fingerprint density at radius 3 is 2.21 bits per heavy atom. The number of benzene rings is 3. The monoisotopic (exact) mass is 450 g/mol. The van der Waals surface area contributed by atoms with Gasteiger partial charge in [0.15, 0.2) is 0 Å². The Bertz CT molecular complexity index is 1020. The molecule has 0 unspecified atom stereocenters. The smallest absolute Gasteiger partial charge is 0.269 e. The van der Waals surface area contributed by atoms with Gasteiger partial charge in [-0.3, -0.25) is 10.1 Å². The number of hydrogen-bond donors (Lipinski definition) is 0. The van der Waals surface area contributed by atoms with Gasteiger partial charge < -0.3 is 4.90 Å². The van der Waals surface area contributed by atoms with Gasteiger partial charge in [-0.2, -0.15) is 5.10 Å². The number of non-ortho nitro benzene ring substituents is 1. The van der Waals surface area contributed by atoms with Crippen LogP contribution in [0, 0.1) is 10.1 Å². The molecule has 4 rings (SSSR count). The van der Waals surface area contributed by atoms with Crippen LogP contribution >= 0.6 is 15.9 Å². The van der Waals surface area contributed by atoms with E-state index < -0.39 is 0 Å². The van der Waals surface area contributed by atoms with E-state index in [1.165, 1.54) is 12.1 Å². The number of hydrogen-bond acceptors (Lipinski definition) is 5. The Kier molecular flexibility index (Phi) is 5.57. The molecular weight excluding hydrogens is 432 g/mol. The van der Waals surface area contributed by atoms with Gasteiger partial charge in [-0.25, -0.2) is 5.01 Å². The highest BCUT2D eigenvalue weighted by Crippen LogP contribution is 2.26. The minimum absolute atomic E-state index is 0.0700. The van der Waals surface area contributed by atoms with E-state index in [0.717, 1.165) is 40.1 Å². The molecule has 1 aliphatic rings. The van der Waals surface area contributed by atoms with Crippen molar-refractivity contribution >= 4 is 38.7 Å². The van der Waals surface area contributed by atoms with E-state index in [9.17, 15) is 10.1 Å². The molecule has 1 aliphatic heterocycles. The topological polar surface area (TPSA) is 62.0 Å². The summed E-state index contributed by atoms with van der Waals surface area (Å²) in [4.78, 5) is 12.9.